The summed E-state index contributed by atoms with van der Waals surface area (Å²) < 4.78 is 0.831. The maximum Gasteiger partial charge on any atom is 0.317 e. The molecule has 2 rings (SSSR count). The predicted molar refractivity (Wildman–Crippen MR) is 76.5 cm³/mol. The number of hydrogen-bond acceptors (Lipinski definition) is 4. The first-order chi connectivity index (χ1) is 9.56. The minimum Gasteiger partial charge on any atom is -0.480 e. The fraction of sp³-hybridized carbons (Fsp3) is 0.462. The van der Waals surface area contributed by atoms with Crippen LogP contribution >= 0.6 is 15.9 Å². The van der Waals surface area contributed by atoms with E-state index in [1.807, 2.05) is 4.90 Å². The summed E-state index contributed by atoms with van der Waals surface area (Å²) in [6.07, 6.45) is 2.37. The zero-order valence-corrected chi connectivity index (χ0v) is 12.5. The third kappa shape index (κ3) is 4.01. The first-order valence-corrected chi connectivity index (χ1v) is 7.20. The van der Waals surface area contributed by atoms with Gasteiger partial charge in [0.05, 0.1) is 6.54 Å². The second kappa shape index (κ2) is 6.81. The Labute approximate surface area is 125 Å². The van der Waals surface area contributed by atoms with E-state index in [-0.39, 0.29) is 12.5 Å². The Morgan fingerprint density at radius 3 is 2.70 bits per heavy atom. The van der Waals surface area contributed by atoms with Gasteiger partial charge >= 0.3 is 5.97 Å². The number of carboxylic acids is 1. The van der Waals surface area contributed by atoms with Crippen LogP contribution in [-0.4, -0.2) is 64.5 Å². The van der Waals surface area contributed by atoms with E-state index in [0.29, 0.717) is 31.9 Å². The molecule has 0 unspecified atom stereocenters. The van der Waals surface area contributed by atoms with Gasteiger partial charge in [-0.1, -0.05) is 0 Å². The molecular weight excluding hydrogens is 326 g/mol. The summed E-state index contributed by atoms with van der Waals surface area (Å²) in [5, 5.41) is 8.80. The normalized spacial score (nSPS) is 16.8. The quantitative estimate of drug-likeness (QED) is 0.890. The van der Waals surface area contributed by atoms with Crippen LogP contribution in [0.25, 0.3) is 0 Å². The number of halogens is 1. The van der Waals surface area contributed by atoms with Crippen LogP contribution in [0.5, 0.6) is 0 Å². The van der Waals surface area contributed by atoms with Crippen LogP contribution in [0.3, 0.4) is 0 Å². The van der Waals surface area contributed by atoms with Crippen molar-refractivity contribution in [2.75, 3.05) is 32.7 Å². The molecule has 1 amide bonds. The Kier molecular flexibility index (Phi) is 5.08. The minimum atomic E-state index is -0.834. The summed E-state index contributed by atoms with van der Waals surface area (Å²) >= 11 is 3.28. The zero-order valence-electron chi connectivity index (χ0n) is 11.0. The molecule has 0 saturated carbocycles. The van der Waals surface area contributed by atoms with Crippen molar-refractivity contribution >= 4 is 27.8 Å². The van der Waals surface area contributed by atoms with E-state index in [1.165, 1.54) is 0 Å². The molecule has 1 aromatic heterocycles. The van der Waals surface area contributed by atoms with Gasteiger partial charge in [0.1, 0.15) is 5.69 Å². The molecule has 6 nitrogen and oxygen atoms in total. The Balaban J connectivity index is 1.97. The van der Waals surface area contributed by atoms with Gasteiger partial charge in [-0.3, -0.25) is 14.5 Å². The number of aliphatic carboxylic acids is 1. The lowest BCUT2D eigenvalue weighted by Crippen LogP contribution is -2.37. The summed E-state index contributed by atoms with van der Waals surface area (Å²) in [5.74, 6) is -0.936. The van der Waals surface area contributed by atoms with Gasteiger partial charge in [0.15, 0.2) is 0 Å². The molecule has 0 atom stereocenters. The van der Waals surface area contributed by atoms with Crippen molar-refractivity contribution in [2.24, 2.45) is 0 Å². The summed E-state index contributed by atoms with van der Waals surface area (Å²) in [5.41, 5.74) is 0.417. The van der Waals surface area contributed by atoms with Crippen LogP contribution in [0.1, 0.15) is 16.9 Å². The standard InChI is InChI=1S/C13H16BrN3O3/c14-10-2-3-11(15-8-10)13(20)17-5-1-4-16(6-7-17)9-12(18)19/h2-3,8H,1,4-7,9H2,(H,18,19). The van der Waals surface area contributed by atoms with Crippen molar-refractivity contribution < 1.29 is 14.7 Å². The van der Waals surface area contributed by atoms with Gasteiger partial charge in [0, 0.05) is 36.8 Å². The van der Waals surface area contributed by atoms with Crippen LogP contribution in [-0.2, 0) is 4.79 Å². The SMILES string of the molecule is O=C(O)CN1CCCN(C(=O)c2ccc(Br)cn2)CC1. The van der Waals surface area contributed by atoms with Crippen molar-refractivity contribution in [2.45, 2.75) is 6.42 Å². The van der Waals surface area contributed by atoms with Crippen LogP contribution < -0.4 is 0 Å². The predicted octanol–water partition coefficient (Wildman–Crippen LogP) is 1.08. The number of carbonyl (C=O) groups excluding carboxylic acids is 1. The minimum absolute atomic E-state index is 0.0264. The lowest BCUT2D eigenvalue weighted by molar-refractivity contribution is -0.138. The number of nitrogens with zero attached hydrogens (tertiary/aromatic N) is 3. The second-order valence-electron chi connectivity index (χ2n) is 4.68. The van der Waals surface area contributed by atoms with Crippen molar-refractivity contribution in [1.82, 2.24) is 14.8 Å². The lowest BCUT2D eigenvalue weighted by atomic mass is 10.3. The average molecular weight is 342 g/mol. The highest BCUT2D eigenvalue weighted by atomic mass is 79.9. The molecule has 1 aliphatic rings. The molecule has 1 saturated heterocycles. The number of amides is 1. The molecule has 0 bridgehead atoms. The molecule has 0 aromatic carbocycles. The zero-order chi connectivity index (χ0) is 14.5. The van der Waals surface area contributed by atoms with E-state index < -0.39 is 5.97 Å². The summed E-state index contributed by atoms with van der Waals surface area (Å²) in [7, 11) is 0. The van der Waals surface area contributed by atoms with Crippen LogP contribution in [0, 0.1) is 0 Å². The number of aromatic nitrogens is 1. The monoisotopic (exact) mass is 341 g/mol. The number of pyridine rings is 1. The molecule has 1 aliphatic heterocycles. The first kappa shape index (κ1) is 14.9. The summed E-state index contributed by atoms with van der Waals surface area (Å²) in [4.78, 5) is 30.7. The number of rotatable bonds is 3. The number of hydrogen-bond donors (Lipinski definition) is 1. The highest BCUT2D eigenvalue weighted by Crippen LogP contribution is 2.11. The molecule has 20 heavy (non-hydrogen) atoms. The molecule has 7 heteroatoms. The van der Waals surface area contributed by atoms with Gasteiger partial charge in [-0.2, -0.15) is 0 Å². The van der Waals surface area contributed by atoms with Crippen molar-refractivity contribution in [1.29, 1.82) is 0 Å². The van der Waals surface area contributed by atoms with Gasteiger partial charge in [-0.25, -0.2) is 4.98 Å². The van der Waals surface area contributed by atoms with E-state index in [1.54, 1.807) is 23.2 Å². The lowest BCUT2D eigenvalue weighted by Gasteiger charge is -2.20. The average Bonchev–Trinajstić information content (AvgIpc) is 2.64. The third-order valence-electron chi connectivity index (χ3n) is 3.18. The van der Waals surface area contributed by atoms with Crippen LogP contribution in [0.2, 0.25) is 0 Å². The smallest absolute Gasteiger partial charge is 0.317 e. The molecule has 1 N–H and O–H groups in total. The van der Waals surface area contributed by atoms with E-state index in [4.69, 9.17) is 5.11 Å². The molecule has 0 radical (unpaired) electrons. The van der Waals surface area contributed by atoms with E-state index in [2.05, 4.69) is 20.9 Å². The molecular formula is C13H16BrN3O3. The highest BCUT2D eigenvalue weighted by molar-refractivity contribution is 9.10. The molecule has 0 aliphatic carbocycles. The van der Waals surface area contributed by atoms with Crippen LogP contribution in [0.15, 0.2) is 22.8 Å². The Morgan fingerprint density at radius 2 is 2.05 bits per heavy atom. The van der Waals surface area contributed by atoms with E-state index in [0.717, 1.165) is 10.9 Å². The largest absolute Gasteiger partial charge is 0.480 e. The Bertz CT molecular complexity index is 492. The molecule has 1 aromatic rings. The number of carbonyl (C=O) groups is 2. The van der Waals surface area contributed by atoms with E-state index in [9.17, 15) is 9.59 Å². The first-order valence-electron chi connectivity index (χ1n) is 6.41. The molecule has 1 fully saturated rings. The van der Waals surface area contributed by atoms with Gasteiger partial charge in [0.25, 0.3) is 5.91 Å². The van der Waals surface area contributed by atoms with Gasteiger partial charge in [-0.05, 0) is 34.5 Å². The molecule has 2 heterocycles. The van der Waals surface area contributed by atoms with Crippen LogP contribution in [0.4, 0.5) is 0 Å². The summed E-state index contributed by atoms with van der Waals surface area (Å²) in [6.45, 7) is 2.47. The Hall–Kier alpha value is -1.47. The van der Waals surface area contributed by atoms with Crippen molar-refractivity contribution in [3.8, 4) is 0 Å². The third-order valence-corrected chi connectivity index (χ3v) is 3.65. The fourth-order valence-corrected chi connectivity index (χ4v) is 2.42. The second-order valence-corrected chi connectivity index (χ2v) is 5.59. The number of carboxylic acid groups (broad SMARTS) is 1. The van der Waals surface area contributed by atoms with Crippen molar-refractivity contribution in [3.05, 3.63) is 28.5 Å². The van der Waals surface area contributed by atoms with Gasteiger partial charge in [-0.15, -0.1) is 0 Å². The fourth-order valence-electron chi connectivity index (χ4n) is 2.19. The molecule has 108 valence electrons. The van der Waals surface area contributed by atoms with E-state index >= 15 is 0 Å². The topological polar surface area (TPSA) is 73.7 Å². The van der Waals surface area contributed by atoms with Crippen molar-refractivity contribution in [3.63, 3.8) is 0 Å². The maximum atomic E-state index is 12.3. The maximum absolute atomic E-state index is 12.3. The summed E-state index contributed by atoms with van der Waals surface area (Å²) in [6, 6.07) is 3.47. The Morgan fingerprint density at radius 1 is 1.25 bits per heavy atom. The highest BCUT2D eigenvalue weighted by Gasteiger charge is 2.21. The van der Waals surface area contributed by atoms with Gasteiger partial charge < -0.3 is 10.0 Å². The molecule has 0 spiro atoms. The van der Waals surface area contributed by atoms with Gasteiger partial charge in [0.2, 0.25) is 0 Å².